The van der Waals surface area contributed by atoms with Crippen molar-refractivity contribution < 1.29 is 0 Å². The highest BCUT2D eigenvalue weighted by molar-refractivity contribution is 5.46. The van der Waals surface area contributed by atoms with E-state index in [0.29, 0.717) is 6.04 Å². The van der Waals surface area contributed by atoms with Gasteiger partial charge in [0.2, 0.25) is 0 Å². The smallest absolute Gasteiger partial charge is 0.0388 e. The van der Waals surface area contributed by atoms with Crippen molar-refractivity contribution >= 4 is 5.69 Å². The van der Waals surface area contributed by atoms with Crippen LogP contribution in [-0.2, 0) is 6.54 Å². The highest BCUT2D eigenvalue weighted by atomic mass is 15.1. The molecule has 0 aromatic heterocycles. The largest absolute Gasteiger partial charge is 0.381 e. The molecule has 0 bridgehead atoms. The first-order valence-electron chi connectivity index (χ1n) is 8.06. The van der Waals surface area contributed by atoms with Gasteiger partial charge in [0.25, 0.3) is 0 Å². The molecular formula is C17H27N3. The van der Waals surface area contributed by atoms with E-state index in [1.807, 2.05) is 0 Å². The Morgan fingerprint density at radius 3 is 2.80 bits per heavy atom. The molecule has 110 valence electrons. The minimum atomic E-state index is 0.607. The van der Waals surface area contributed by atoms with E-state index < -0.39 is 0 Å². The zero-order chi connectivity index (χ0) is 13.8. The Morgan fingerprint density at radius 2 is 2.00 bits per heavy atom. The summed E-state index contributed by atoms with van der Waals surface area (Å²) in [6, 6.07) is 9.61. The van der Waals surface area contributed by atoms with Gasteiger partial charge in [0.15, 0.2) is 0 Å². The van der Waals surface area contributed by atoms with Crippen molar-refractivity contribution in [3.8, 4) is 0 Å². The number of nitrogens with one attached hydrogen (secondary N) is 1. The predicted octanol–water partition coefficient (Wildman–Crippen LogP) is 2.79. The number of nitrogens with zero attached hydrogens (tertiary/aromatic N) is 2. The number of piperidine rings is 1. The summed E-state index contributed by atoms with van der Waals surface area (Å²) in [5.41, 5.74) is 2.74. The number of likely N-dealkylation sites (N-methyl/N-ethyl adjacent to an activating group) is 1. The Morgan fingerprint density at radius 1 is 1.15 bits per heavy atom. The molecule has 1 aromatic rings. The Bertz CT molecular complexity index is 426. The number of hydrogen-bond donors (Lipinski definition) is 1. The van der Waals surface area contributed by atoms with Gasteiger partial charge in [0.1, 0.15) is 0 Å². The monoisotopic (exact) mass is 273 g/mol. The third-order valence-electron chi connectivity index (χ3n) is 4.53. The van der Waals surface area contributed by atoms with E-state index in [2.05, 4.69) is 46.4 Å². The molecule has 3 nitrogen and oxygen atoms in total. The normalized spacial score (nSPS) is 24.9. The summed E-state index contributed by atoms with van der Waals surface area (Å²) in [7, 11) is 2.22. The van der Waals surface area contributed by atoms with E-state index in [4.69, 9.17) is 0 Å². The summed E-state index contributed by atoms with van der Waals surface area (Å²) in [6.07, 6.45) is 5.33. The van der Waals surface area contributed by atoms with Crippen LogP contribution in [0, 0.1) is 0 Å². The van der Waals surface area contributed by atoms with E-state index in [1.165, 1.54) is 56.6 Å². The second-order valence-electron chi connectivity index (χ2n) is 6.43. The van der Waals surface area contributed by atoms with E-state index in [-0.39, 0.29) is 0 Å². The van der Waals surface area contributed by atoms with Crippen LogP contribution in [0.1, 0.15) is 31.2 Å². The Labute approximate surface area is 123 Å². The van der Waals surface area contributed by atoms with Gasteiger partial charge in [-0.3, -0.25) is 4.90 Å². The maximum Gasteiger partial charge on any atom is 0.0388 e. The van der Waals surface area contributed by atoms with E-state index >= 15 is 0 Å². The van der Waals surface area contributed by atoms with Crippen molar-refractivity contribution in [1.82, 2.24) is 9.80 Å². The second-order valence-corrected chi connectivity index (χ2v) is 6.43. The molecule has 20 heavy (non-hydrogen) atoms. The first kappa shape index (κ1) is 13.9. The summed E-state index contributed by atoms with van der Waals surface area (Å²) in [6.45, 7) is 6.06. The molecule has 0 amide bonds. The van der Waals surface area contributed by atoms with Gasteiger partial charge in [-0.1, -0.05) is 12.1 Å². The van der Waals surface area contributed by atoms with Crippen LogP contribution in [-0.4, -0.2) is 49.1 Å². The average Bonchev–Trinajstić information content (AvgIpc) is 2.92. The molecule has 2 heterocycles. The molecule has 2 saturated heterocycles. The summed E-state index contributed by atoms with van der Waals surface area (Å²) in [5, 5.41) is 3.72. The molecule has 3 heteroatoms. The molecular weight excluding hydrogens is 246 g/mol. The zero-order valence-corrected chi connectivity index (χ0v) is 12.6. The summed E-state index contributed by atoms with van der Waals surface area (Å²) < 4.78 is 0. The fourth-order valence-electron chi connectivity index (χ4n) is 3.48. The maximum atomic E-state index is 3.72. The van der Waals surface area contributed by atoms with Gasteiger partial charge >= 0.3 is 0 Å². The van der Waals surface area contributed by atoms with Crippen molar-refractivity contribution in [2.24, 2.45) is 0 Å². The van der Waals surface area contributed by atoms with Gasteiger partial charge in [0.05, 0.1) is 0 Å². The lowest BCUT2D eigenvalue weighted by Crippen LogP contribution is -2.39. The molecule has 2 aliphatic rings. The minimum Gasteiger partial charge on any atom is -0.381 e. The first-order valence-corrected chi connectivity index (χ1v) is 8.06. The highest BCUT2D eigenvalue weighted by Gasteiger charge is 2.17. The molecule has 0 saturated carbocycles. The number of likely N-dealkylation sites (tertiary alicyclic amines) is 2. The number of hydrogen-bond acceptors (Lipinski definition) is 3. The van der Waals surface area contributed by atoms with Crippen molar-refractivity contribution in [3.63, 3.8) is 0 Å². The summed E-state index contributed by atoms with van der Waals surface area (Å²) >= 11 is 0. The van der Waals surface area contributed by atoms with Crippen molar-refractivity contribution in [2.45, 2.75) is 38.3 Å². The molecule has 1 unspecified atom stereocenters. The van der Waals surface area contributed by atoms with Crippen LogP contribution in [0.3, 0.4) is 0 Å². The number of benzene rings is 1. The van der Waals surface area contributed by atoms with E-state index in [9.17, 15) is 0 Å². The fraction of sp³-hybridized carbons (Fsp3) is 0.647. The van der Waals surface area contributed by atoms with Gasteiger partial charge in [-0.15, -0.1) is 0 Å². The molecule has 1 N–H and O–H groups in total. The van der Waals surface area contributed by atoms with Crippen LogP contribution >= 0.6 is 0 Å². The molecule has 0 aliphatic carbocycles. The lowest BCUT2D eigenvalue weighted by Gasteiger charge is -2.31. The summed E-state index contributed by atoms with van der Waals surface area (Å²) in [5.74, 6) is 0. The Balaban J connectivity index is 1.58. The Kier molecular flexibility index (Phi) is 4.58. The van der Waals surface area contributed by atoms with Gasteiger partial charge in [-0.25, -0.2) is 0 Å². The number of anilines is 1. The highest BCUT2D eigenvalue weighted by Crippen LogP contribution is 2.19. The topological polar surface area (TPSA) is 18.5 Å². The van der Waals surface area contributed by atoms with Crippen LogP contribution in [0.15, 0.2) is 24.3 Å². The molecule has 1 atom stereocenters. The zero-order valence-electron chi connectivity index (χ0n) is 12.6. The minimum absolute atomic E-state index is 0.607. The van der Waals surface area contributed by atoms with Crippen LogP contribution < -0.4 is 5.32 Å². The molecule has 2 aliphatic heterocycles. The van der Waals surface area contributed by atoms with Crippen LogP contribution in [0.4, 0.5) is 5.69 Å². The van der Waals surface area contributed by atoms with Crippen LogP contribution in [0.2, 0.25) is 0 Å². The fourth-order valence-corrected chi connectivity index (χ4v) is 3.48. The van der Waals surface area contributed by atoms with Gasteiger partial charge in [-0.2, -0.15) is 0 Å². The van der Waals surface area contributed by atoms with Crippen LogP contribution in [0.5, 0.6) is 0 Å². The third kappa shape index (κ3) is 3.74. The van der Waals surface area contributed by atoms with E-state index in [0.717, 1.165) is 13.1 Å². The SMILES string of the molecule is CN1CCCC(Nc2cccc(CN3CCCC3)c2)C1. The quantitative estimate of drug-likeness (QED) is 0.910. The summed E-state index contributed by atoms with van der Waals surface area (Å²) in [4.78, 5) is 4.99. The predicted molar refractivity (Wildman–Crippen MR) is 85.1 cm³/mol. The van der Waals surface area contributed by atoms with Crippen molar-refractivity contribution in [2.75, 3.05) is 38.5 Å². The van der Waals surface area contributed by atoms with Gasteiger partial charge in [-0.05, 0) is 70.1 Å². The molecule has 0 radical (unpaired) electrons. The van der Waals surface area contributed by atoms with Crippen molar-refractivity contribution in [3.05, 3.63) is 29.8 Å². The lowest BCUT2D eigenvalue weighted by molar-refractivity contribution is 0.261. The van der Waals surface area contributed by atoms with Crippen molar-refractivity contribution in [1.29, 1.82) is 0 Å². The Hall–Kier alpha value is -1.06. The number of rotatable bonds is 4. The molecule has 0 spiro atoms. The van der Waals surface area contributed by atoms with Crippen LogP contribution in [0.25, 0.3) is 0 Å². The third-order valence-corrected chi connectivity index (χ3v) is 4.53. The van der Waals surface area contributed by atoms with E-state index in [1.54, 1.807) is 0 Å². The lowest BCUT2D eigenvalue weighted by atomic mass is 10.1. The molecule has 3 rings (SSSR count). The maximum absolute atomic E-state index is 3.72. The standard InChI is InChI=1S/C17H27N3/c1-19-9-5-8-17(14-19)18-16-7-4-6-15(12-16)13-20-10-2-3-11-20/h4,6-7,12,17-18H,2-3,5,8-11,13-14H2,1H3. The van der Waals surface area contributed by atoms with Gasteiger partial charge in [0, 0.05) is 24.8 Å². The first-order chi connectivity index (χ1) is 9.79. The average molecular weight is 273 g/mol. The molecule has 2 fully saturated rings. The van der Waals surface area contributed by atoms with Gasteiger partial charge < -0.3 is 10.2 Å². The molecule has 1 aromatic carbocycles. The second kappa shape index (κ2) is 6.59.